The molecule has 3 atom stereocenters. The average Bonchev–Trinajstić information content (AvgIpc) is 3.32. The molecule has 182 valence electrons. The maximum atomic E-state index is 5.15. The van der Waals surface area contributed by atoms with Crippen LogP contribution >= 0.6 is 0 Å². The molecule has 2 saturated carbocycles. The van der Waals surface area contributed by atoms with E-state index in [0.29, 0.717) is 5.41 Å². The summed E-state index contributed by atoms with van der Waals surface area (Å²) in [4.78, 5) is 9.71. The molecule has 3 aliphatic rings. The van der Waals surface area contributed by atoms with Crippen molar-refractivity contribution in [2.75, 3.05) is 25.5 Å². The molecule has 0 aromatic carbocycles. The van der Waals surface area contributed by atoms with E-state index in [-0.39, 0.29) is 0 Å². The molecule has 6 rings (SSSR count). The highest BCUT2D eigenvalue weighted by Crippen LogP contribution is 2.51. The second kappa shape index (κ2) is 8.08. The van der Waals surface area contributed by atoms with Gasteiger partial charge in [0.1, 0.15) is 0 Å². The molecule has 4 heterocycles. The summed E-state index contributed by atoms with van der Waals surface area (Å²) in [6.07, 6.45) is 11.3. The molecule has 7 nitrogen and oxygen atoms in total. The van der Waals surface area contributed by atoms with Crippen LogP contribution in [0.15, 0.2) is 12.3 Å². The summed E-state index contributed by atoms with van der Waals surface area (Å²) < 4.78 is 4.31. The molecule has 3 unspecified atom stereocenters. The summed E-state index contributed by atoms with van der Waals surface area (Å²) in [7, 11) is 6.52. The van der Waals surface area contributed by atoms with Crippen molar-refractivity contribution in [2.24, 2.45) is 18.4 Å². The monoisotopic (exact) mass is 461 g/mol. The first-order valence-electron chi connectivity index (χ1n) is 13.1. The van der Waals surface area contributed by atoms with Gasteiger partial charge in [-0.1, -0.05) is 6.42 Å². The Hall–Kier alpha value is -2.41. The predicted octanol–water partition coefficient (Wildman–Crippen LogP) is 4.24. The third-order valence-electron chi connectivity index (χ3n) is 9.13. The van der Waals surface area contributed by atoms with E-state index in [1.54, 1.807) is 0 Å². The summed E-state index contributed by atoms with van der Waals surface area (Å²) in [6.45, 7) is 7.34. The van der Waals surface area contributed by atoms with E-state index in [0.717, 1.165) is 54.7 Å². The predicted molar refractivity (Wildman–Crippen MR) is 136 cm³/mol. The van der Waals surface area contributed by atoms with Crippen molar-refractivity contribution in [3.63, 3.8) is 0 Å². The zero-order valence-corrected chi connectivity index (χ0v) is 21.5. The molecule has 3 aromatic rings. The van der Waals surface area contributed by atoms with Crippen molar-refractivity contribution in [2.45, 2.75) is 77.9 Å². The molecule has 0 amide bonds. The zero-order valence-electron chi connectivity index (χ0n) is 21.5. The molecular formula is C27H39N7. The van der Waals surface area contributed by atoms with Gasteiger partial charge >= 0.3 is 0 Å². The van der Waals surface area contributed by atoms with E-state index in [4.69, 9.17) is 10.1 Å². The highest BCUT2D eigenvalue weighted by Gasteiger charge is 2.45. The van der Waals surface area contributed by atoms with Gasteiger partial charge in [0.15, 0.2) is 5.65 Å². The van der Waals surface area contributed by atoms with E-state index < -0.39 is 0 Å². The Morgan fingerprint density at radius 1 is 1.18 bits per heavy atom. The number of hydrogen-bond acceptors (Lipinski definition) is 5. The van der Waals surface area contributed by atoms with Crippen LogP contribution in [-0.4, -0.2) is 56.1 Å². The zero-order chi connectivity index (χ0) is 23.6. The molecule has 0 radical (unpaired) electrons. The fraction of sp³-hybridized carbons (Fsp3) is 0.667. The first kappa shape index (κ1) is 22.1. The number of pyridine rings is 1. The van der Waals surface area contributed by atoms with Gasteiger partial charge in [0.25, 0.3) is 0 Å². The largest absolute Gasteiger partial charge is 0.366 e. The second-order valence-electron chi connectivity index (χ2n) is 11.6. The topological polar surface area (TPSA) is 55.0 Å². The number of anilines is 1. The lowest BCUT2D eigenvalue weighted by Gasteiger charge is -2.50. The number of fused-ring (bicyclic) bond motifs is 4. The molecule has 3 aromatic heterocycles. The highest BCUT2D eigenvalue weighted by atomic mass is 15.3. The molecule has 2 bridgehead atoms. The van der Waals surface area contributed by atoms with Gasteiger partial charge in [-0.05, 0) is 77.4 Å². The van der Waals surface area contributed by atoms with E-state index in [1.165, 1.54) is 61.2 Å². The molecular weight excluding hydrogens is 422 g/mol. The van der Waals surface area contributed by atoms with Crippen molar-refractivity contribution in [3.05, 3.63) is 34.9 Å². The third kappa shape index (κ3) is 3.55. The quantitative estimate of drug-likeness (QED) is 0.582. The van der Waals surface area contributed by atoms with Gasteiger partial charge in [0, 0.05) is 56.1 Å². The Bertz CT molecular complexity index is 1220. The molecule has 0 spiro atoms. The van der Waals surface area contributed by atoms with E-state index >= 15 is 0 Å². The van der Waals surface area contributed by atoms with Crippen LogP contribution < -0.4 is 4.90 Å². The fourth-order valence-corrected chi connectivity index (χ4v) is 7.45. The molecule has 0 N–H and O–H groups in total. The van der Waals surface area contributed by atoms with Gasteiger partial charge in [0.05, 0.1) is 23.0 Å². The second-order valence-corrected chi connectivity index (χ2v) is 11.6. The number of hydrogen-bond donors (Lipinski definition) is 0. The maximum absolute atomic E-state index is 5.15. The van der Waals surface area contributed by atoms with Crippen LogP contribution in [0, 0.1) is 25.2 Å². The van der Waals surface area contributed by atoms with Crippen LogP contribution in [0.2, 0.25) is 0 Å². The van der Waals surface area contributed by atoms with Gasteiger partial charge < -0.3 is 9.80 Å². The number of rotatable bonds is 4. The molecule has 34 heavy (non-hydrogen) atoms. The lowest BCUT2D eigenvalue weighted by atomic mass is 9.60. The Labute approximate surface area is 203 Å². The van der Waals surface area contributed by atoms with E-state index in [9.17, 15) is 0 Å². The minimum Gasteiger partial charge on any atom is -0.366 e. The summed E-state index contributed by atoms with van der Waals surface area (Å²) >= 11 is 0. The first-order valence-corrected chi connectivity index (χ1v) is 13.1. The van der Waals surface area contributed by atoms with Gasteiger partial charge in [0.2, 0.25) is 0 Å². The third-order valence-corrected chi connectivity index (χ3v) is 9.13. The SMILES string of the molecule is Cc1cc(N2CCc3c(c(C)nn3CC34CCCC(C3)C(N(C)C)CC4)C2)c2cnn(C)c2n1. The minimum atomic E-state index is 0.447. The number of aryl methyl sites for hydroxylation is 3. The molecule has 1 aliphatic heterocycles. The van der Waals surface area contributed by atoms with Gasteiger partial charge in [-0.25, -0.2) is 4.98 Å². The van der Waals surface area contributed by atoms with Crippen LogP contribution in [0.3, 0.4) is 0 Å². The first-order chi connectivity index (χ1) is 16.3. The summed E-state index contributed by atoms with van der Waals surface area (Å²) in [5, 5.41) is 10.8. The molecule has 2 aliphatic carbocycles. The number of nitrogens with zero attached hydrogens (tertiary/aromatic N) is 7. The van der Waals surface area contributed by atoms with E-state index in [2.05, 4.69) is 53.6 Å². The lowest BCUT2D eigenvalue weighted by molar-refractivity contribution is 0.00281. The minimum absolute atomic E-state index is 0.447. The Kier molecular flexibility index (Phi) is 5.24. The normalized spacial score (nSPS) is 26.9. The molecule has 7 heteroatoms. The number of aromatic nitrogens is 5. The smallest absolute Gasteiger partial charge is 0.159 e. The Morgan fingerprint density at radius 2 is 2.03 bits per heavy atom. The van der Waals surface area contributed by atoms with Crippen molar-refractivity contribution < 1.29 is 0 Å². The molecule has 0 saturated heterocycles. The van der Waals surface area contributed by atoms with Crippen LogP contribution in [0.5, 0.6) is 0 Å². The van der Waals surface area contributed by atoms with E-state index in [1.807, 2.05) is 17.9 Å². The molecule has 2 fully saturated rings. The van der Waals surface area contributed by atoms with Gasteiger partial charge in [-0.3, -0.25) is 9.36 Å². The van der Waals surface area contributed by atoms with Crippen LogP contribution in [-0.2, 0) is 26.6 Å². The maximum Gasteiger partial charge on any atom is 0.159 e. The summed E-state index contributed by atoms with van der Waals surface area (Å²) in [5.41, 5.74) is 7.83. The Balaban J connectivity index is 1.27. The Morgan fingerprint density at radius 3 is 2.85 bits per heavy atom. The van der Waals surface area contributed by atoms with Crippen molar-refractivity contribution in [1.29, 1.82) is 0 Å². The summed E-state index contributed by atoms with van der Waals surface area (Å²) in [5.74, 6) is 0.859. The standard InChI is InChI=1S/C27H39N7/c1-18-13-25(21-15-28-32(5)26(21)29-18)33-12-9-24-22(16-33)19(2)30-34(24)17-27-10-6-7-20(14-27)23(8-11-27)31(3)4/h13,15,20,23H,6-12,14,16-17H2,1-5H3. The lowest BCUT2D eigenvalue weighted by Crippen LogP contribution is -2.47. The summed E-state index contributed by atoms with van der Waals surface area (Å²) in [6, 6.07) is 2.99. The van der Waals surface area contributed by atoms with Crippen molar-refractivity contribution in [3.8, 4) is 0 Å². The van der Waals surface area contributed by atoms with Crippen molar-refractivity contribution in [1.82, 2.24) is 29.4 Å². The van der Waals surface area contributed by atoms with Crippen molar-refractivity contribution >= 4 is 16.7 Å². The van der Waals surface area contributed by atoms with Crippen LogP contribution in [0.25, 0.3) is 11.0 Å². The van der Waals surface area contributed by atoms with Gasteiger partial charge in [-0.2, -0.15) is 10.2 Å². The van der Waals surface area contributed by atoms with Gasteiger partial charge in [-0.15, -0.1) is 0 Å². The van der Waals surface area contributed by atoms with Crippen LogP contribution in [0.1, 0.15) is 61.2 Å². The average molecular weight is 462 g/mol. The van der Waals surface area contributed by atoms with Crippen LogP contribution in [0.4, 0.5) is 5.69 Å². The highest BCUT2D eigenvalue weighted by molar-refractivity contribution is 5.89. The fourth-order valence-electron chi connectivity index (χ4n) is 7.45.